The van der Waals surface area contributed by atoms with Gasteiger partial charge in [0.05, 0.1) is 5.92 Å². The maximum Gasteiger partial charge on any atom is 0.308 e. The molecule has 1 rings (SSSR count). The molecule has 0 heterocycles. The Morgan fingerprint density at radius 2 is 1.79 bits per heavy atom. The molecule has 4 nitrogen and oxygen atoms in total. The van der Waals surface area contributed by atoms with Crippen molar-refractivity contribution in [1.29, 1.82) is 0 Å². The van der Waals surface area contributed by atoms with Gasteiger partial charge in [-0.15, -0.1) is 0 Å². The molecule has 0 saturated heterocycles. The molecule has 19 heavy (non-hydrogen) atoms. The Morgan fingerprint density at radius 1 is 1.21 bits per heavy atom. The van der Waals surface area contributed by atoms with E-state index in [1.54, 1.807) is 6.92 Å². The van der Waals surface area contributed by atoms with E-state index in [4.69, 9.17) is 5.11 Å². The number of hydrogen-bond donors (Lipinski definition) is 1. The van der Waals surface area contributed by atoms with Gasteiger partial charge in [0.15, 0.2) is 0 Å². The molecule has 1 saturated carbocycles. The number of carboxylic acids is 1. The molecule has 0 spiro atoms. The van der Waals surface area contributed by atoms with E-state index in [2.05, 4.69) is 0 Å². The van der Waals surface area contributed by atoms with Gasteiger partial charge in [0, 0.05) is 19.0 Å². The first kappa shape index (κ1) is 16.0. The minimum atomic E-state index is -0.817. The number of aliphatic carboxylic acids is 1. The lowest BCUT2D eigenvalue weighted by Crippen LogP contribution is -2.43. The molecular weight excluding hydrogens is 242 g/mol. The third kappa shape index (κ3) is 5.21. The molecule has 1 fully saturated rings. The summed E-state index contributed by atoms with van der Waals surface area (Å²) < 4.78 is 0. The Kier molecular flexibility index (Phi) is 6.89. The minimum absolute atomic E-state index is 0.127. The van der Waals surface area contributed by atoms with Crippen LogP contribution in [0.4, 0.5) is 0 Å². The van der Waals surface area contributed by atoms with E-state index in [-0.39, 0.29) is 11.9 Å². The molecule has 4 heteroatoms. The summed E-state index contributed by atoms with van der Waals surface area (Å²) in [5.74, 6) is -1.17. The largest absolute Gasteiger partial charge is 0.481 e. The third-order valence-corrected chi connectivity index (χ3v) is 3.94. The van der Waals surface area contributed by atoms with Crippen molar-refractivity contribution in [3.05, 3.63) is 0 Å². The summed E-state index contributed by atoms with van der Waals surface area (Å²) in [6.45, 7) is 4.04. The Labute approximate surface area is 116 Å². The monoisotopic (exact) mass is 269 g/mol. The molecule has 1 atom stereocenters. The number of hydrogen-bond acceptors (Lipinski definition) is 2. The predicted octanol–water partition coefficient (Wildman–Crippen LogP) is 3.06. The molecular formula is C15H27NO3. The minimum Gasteiger partial charge on any atom is -0.481 e. The molecule has 1 unspecified atom stereocenters. The van der Waals surface area contributed by atoms with Crippen molar-refractivity contribution in [2.75, 3.05) is 6.54 Å². The predicted molar refractivity (Wildman–Crippen MR) is 74.9 cm³/mol. The maximum atomic E-state index is 12.2. The number of carbonyl (C=O) groups excluding carboxylic acids is 1. The fourth-order valence-corrected chi connectivity index (χ4v) is 2.75. The van der Waals surface area contributed by atoms with Gasteiger partial charge in [0.25, 0.3) is 0 Å². The fourth-order valence-electron chi connectivity index (χ4n) is 2.75. The van der Waals surface area contributed by atoms with Crippen LogP contribution in [0.5, 0.6) is 0 Å². The van der Waals surface area contributed by atoms with Gasteiger partial charge in [-0.1, -0.05) is 39.5 Å². The second kappa shape index (κ2) is 8.18. The summed E-state index contributed by atoms with van der Waals surface area (Å²) in [5, 5.41) is 9.06. The molecule has 0 radical (unpaired) electrons. The van der Waals surface area contributed by atoms with Crippen molar-refractivity contribution < 1.29 is 14.7 Å². The van der Waals surface area contributed by atoms with Crippen LogP contribution in [0.3, 0.4) is 0 Å². The van der Waals surface area contributed by atoms with Gasteiger partial charge >= 0.3 is 5.97 Å². The van der Waals surface area contributed by atoms with Crippen LogP contribution in [0.25, 0.3) is 0 Å². The summed E-state index contributed by atoms with van der Waals surface area (Å²) in [4.78, 5) is 25.1. The van der Waals surface area contributed by atoms with Crippen molar-refractivity contribution >= 4 is 11.9 Å². The Balaban J connectivity index is 2.71. The number of amides is 1. The molecule has 0 aromatic carbocycles. The van der Waals surface area contributed by atoms with Crippen molar-refractivity contribution in [1.82, 2.24) is 4.90 Å². The molecule has 1 aliphatic carbocycles. The van der Waals surface area contributed by atoms with Crippen molar-refractivity contribution in [2.24, 2.45) is 5.92 Å². The Bertz CT molecular complexity index is 296. The second-order valence-electron chi connectivity index (χ2n) is 5.68. The van der Waals surface area contributed by atoms with Crippen LogP contribution < -0.4 is 0 Å². The van der Waals surface area contributed by atoms with Gasteiger partial charge < -0.3 is 10.0 Å². The molecule has 0 aromatic heterocycles. The van der Waals surface area contributed by atoms with E-state index in [9.17, 15) is 9.59 Å². The van der Waals surface area contributed by atoms with Gasteiger partial charge in [-0.25, -0.2) is 0 Å². The quantitative estimate of drug-likeness (QED) is 0.754. The van der Waals surface area contributed by atoms with Crippen LogP contribution in [-0.2, 0) is 9.59 Å². The summed E-state index contributed by atoms with van der Waals surface area (Å²) in [5.41, 5.74) is 0. The topological polar surface area (TPSA) is 57.6 Å². The maximum absolute atomic E-state index is 12.2. The molecule has 0 bridgehead atoms. The van der Waals surface area contributed by atoms with E-state index in [0.717, 1.165) is 32.1 Å². The zero-order valence-electron chi connectivity index (χ0n) is 12.2. The highest BCUT2D eigenvalue weighted by atomic mass is 16.4. The fraction of sp³-hybridized carbons (Fsp3) is 0.867. The molecule has 0 aromatic rings. The lowest BCUT2D eigenvalue weighted by Gasteiger charge is -2.32. The smallest absolute Gasteiger partial charge is 0.308 e. The van der Waals surface area contributed by atoms with Gasteiger partial charge in [0.1, 0.15) is 0 Å². The van der Waals surface area contributed by atoms with Crippen LogP contribution >= 0.6 is 0 Å². The summed E-state index contributed by atoms with van der Waals surface area (Å²) in [7, 11) is 0. The summed E-state index contributed by atoms with van der Waals surface area (Å²) >= 11 is 0. The van der Waals surface area contributed by atoms with Crippen LogP contribution in [0, 0.1) is 5.92 Å². The van der Waals surface area contributed by atoms with Gasteiger partial charge in [-0.2, -0.15) is 0 Å². The first-order valence-corrected chi connectivity index (χ1v) is 7.58. The normalized spacial score (nSPS) is 18.6. The molecule has 1 N–H and O–H groups in total. The average Bonchev–Trinajstić information content (AvgIpc) is 2.64. The van der Waals surface area contributed by atoms with E-state index in [1.165, 1.54) is 12.8 Å². The third-order valence-electron chi connectivity index (χ3n) is 3.94. The van der Waals surface area contributed by atoms with Crippen molar-refractivity contribution in [2.45, 2.75) is 71.3 Å². The second-order valence-corrected chi connectivity index (χ2v) is 5.68. The summed E-state index contributed by atoms with van der Waals surface area (Å²) in [6, 6.07) is 0.253. The van der Waals surface area contributed by atoms with Gasteiger partial charge in [-0.05, 0) is 19.3 Å². The number of carbonyl (C=O) groups is 2. The van der Waals surface area contributed by atoms with Crippen LogP contribution in [0.15, 0.2) is 0 Å². The first-order valence-electron chi connectivity index (χ1n) is 7.58. The number of rotatable bonds is 6. The lowest BCUT2D eigenvalue weighted by atomic mass is 10.0. The molecule has 110 valence electrons. The molecule has 1 aliphatic rings. The van der Waals surface area contributed by atoms with Crippen molar-refractivity contribution in [3.63, 3.8) is 0 Å². The highest BCUT2D eigenvalue weighted by Gasteiger charge is 2.27. The first-order chi connectivity index (χ1) is 9.06. The van der Waals surface area contributed by atoms with Gasteiger partial charge in [-0.3, -0.25) is 9.59 Å². The Hall–Kier alpha value is -1.06. The zero-order chi connectivity index (χ0) is 14.3. The van der Waals surface area contributed by atoms with Crippen molar-refractivity contribution in [3.8, 4) is 0 Å². The standard InChI is InChI=1S/C15H27NO3/c1-3-8-14(17)16(11-12(2)15(18)19)13-9-6-4-5-7-10-13/h12-13H,3-11H2,1-2H3,(H,18,19). The zero-order valence-corrected chi connectivity index (χ0v) is 12.2. The highest BCUT2D eigenvalue weighted by molar-refractivity contribution is 5.77. The van der Waals surface area contributed by atoms with E-state index in [1.807, 2.05) is 11.8 Å². The van der Waals surface area contributed by atoms with Crippen LogP contribution in [-0.4, -0.2) is 34.5 Å². The van der Waals surface area contributed by atoms with Crippen LogP contribution in [0.2, 0.25) is 0 Å². The average molecular weight is 269 g/mol. The molecule has 1 amide bonds. The highest BCUT2D eigenvalue weighted by Crippen LogP contribution is 2.23. The lowest BCUT2D eigenvalue weighted by molar-refractivity contribution is -0.144. The SMILES string of the molecule is CCCC(=O)N(CC(C)C(=O)O)C1CCCCCC1. The molecule has 0 aliphatic heterocycles. The van der Waals surface area contributed by atoms with E-state index in [0.29, 0.717) is 13.0 Å². The summed E-state index contributed by atoms with van der Waals surface area (Å²) in [6.07, 6.45) is 8.20. The van der Waals surface area contributed by atoms with E-state index < -0.39 is 11.9 Å². The number of carboxylic acid groups (broad SMARTS) is 1. The van der Waals surface area contributed by atoms with E-state index >= 15 is 0 Å². The van der Waals surface area contributed by atoms with Gasteiger partial charge in [0.2, 0.25) is 5.91 Å². The number of nitrogens with zero attached hydrogens (tertiary/aromatic N) is 1. The Morgan fingerprint density at radius 3 is 2.26 bits per heavy atom. The van der Waals surface area contributed by atoms with Crippen LogP contribution in [0.1, 0.15) is 65.2 Å².